The number of aromatic nitrogens is 2. The molecule has 0 radical (unpaired) electrons. The van der Waals surface area contributed by atoms with Crippen LogP contribution in [0.5, 0.6) is 0 Å². The molecule has 2 aromatic carbocycles. The van der Waals surface area contributed by atoms with E-state index in [1.807, 2.05) is 42.5 Å². The van der Waals surface area contributed by atoms with Gasteiger partial charge in [0.25, 0.3) is 0 Å². The van der Waals surface area contributed by atoms with Crippen molar-refractivity contribution in [2.75, 3.05) is 5.88 Å². The standard InChI is InChI=1S/C15H11Cl3N2/c16-7-6-15-19-13-5-4-11(18)9-14(13)20(15)12-3-1-2-10(17)8-12/h1-5,8-9H,6-7H2. The Morgan fingerprint density at radius 1 is 1.00 bits per heavy atom. The summed E-state index contributed by atoms with van der Waals surface area (Å²) in [5.74, 6) is 1.41. The highest BCUT2D eigenvalue weighted by Gasteiger charge is 2.12. The molecule has 0 fully saturated rings. The molecule has 0 aliphatic rings. The lowest BCUT2D eigenvalue weighted by molar-refractivity contribution is 0.912. The summed E-state index contributed by atoms with van der Waals surface area (Å²) >= 11 is 18.1. The lowest BCUT2D eigenvalue weighted by Gasteiger charge is -2.09. The van der Waals surface area contributed by atoms with Crippen molar-refractivity contribution in [3.63, 3.8) is 0 Å². The number of imidazole rings is 1. The summed E-state index contributed by atoms with van der Waals surface area (Å²) in [6.45, 7) is 0. The third-order valence-electron chi connectivity index (χ3n) is 3.07. The van der Waals surface area contributed by atoms with Gasteiger partial charge in [0.15, 0.2) is 0 Å². The van der Waals surface area contributed by atoms with E-state index in [4.69, 9.17) is 34.8 Å². The van der Waals surface area contributed by atoms with E-state index in [-0.39, 0.29) is 0 Å². The highest BCUT2D eigenvalue weighted by molar-refractivity contribution is 6.31. The number of halogens is 3. The zero-order valence-electron chi connectivity index (χ0n) is 10.5. The lowest BCUT2D eigenvalue weighted by Crippen LogP contribution is -2.02. The van der Waals surface area contributed by atoms with E-state index in [0.717, 1.165) is 22.5 Å². The summed E-state index contributed by atoms with van der Waals surface area (Å²) in [6, 6.07) is 13.3. The van der Waals surface area contributed by atoms with Crippen molar-refractivity contribution in [2.45, 2.75) is 6.42 Å². The Labute approximate surface area is 131 Å². The summed E-state index contributed by atoms with van der Waals surface area (Å²) in [4.78, 5) is 4.63. The maximum absolute atomic E-state index is 6.10. The summed E-state index contributed by atoms with van der Waals surface area (Å²) in [7, 11) is 0. The summed E-state index contributed by atoms with van der Waals surface area (Å²) < 4.78 is 2.05. The van der Waals surface area contributed by atoms with E-state index in [0.29, 0.717) is 22.3 Å². The number of alkyl halides is 1. The number of benzene rings is 2. The van der Waals surface area contributed by atoms with Crippen LogP contribution in [0.25, 0.3) is 16.7 Å². The van der Waals surface area contributed by atoms with Gasteiger partial charge in [-0.25, -0.2) is 4.98 Å². The molecule has 1 aromatic heterocycles. The van der Waals surface area contributed by atoms with Crippen LogP contribution in [0.3, 0.4) is 0 Å². The molecule has 0 saturated heterocycles. The maximum Gasteiger partial charge on any atom is 0.115 e. The van der Waals surface area contributed by atoms with Gasteiger partial charge in [-0.2, -0.15) is 0 Å². The average Bonchev–Trinajstić information content (AvgIpc) is 2.76. The topological polar surface area (TPSA) is 17.8 Å². The first-order valence-corrected chi connectivity index (χ1v) is 7.47. The van der Waals surface area contributed by atoms with Gasteiger partial charge in [-0.05, 0) is 36.4 Å². The first-order valence-electron chi connectivity index (χ1n) is 6.18. The number of fused-ring (bicyclic) bond motifs is 1. The summed E-state index contributed by atoms with van der Waals surface area (Å²) in [5, 5.41) is 1.36. The monoisotopic (exact) mass is 324 g/mol. The number of rotatable bonds is 3. The van der Waals surface area contributed by atoms with Gasteiger partial charge < -0.3 is 0 Å². The minimum atomic E-state index is 0.512. The molecule has 0 atom stereocenters. The molecular weight excluding hydrogens is 315 g/mol. The largest absolute Gasteiger partial charge is 0.296 e. The molecule has 102 valence electrons. The van der Waals surface area contributed by atoms with Crippen LogP contribution in [0.15, 0.2) is 42.5 Å². The van der Waals surface area contributed by atoms with E-state index >= 15 is 0 Å². The van der Waals surface area contributed by atoms with Crippen molar-refractivity contribution in [3.05, 3.63) is 58.3 Å². The third-order valence-corrected chi connectivity index (χ3v) is 3.73. The Morgan fingerprint density at radius 3 is 2.55 bits per heavy atom. The van der Waals surface area contributed by atoms with Gasteiger partial charge in [-0.3, -0.25) is 4.57 Å². The van der Waals surface area contributed by atoms with Crippen molar-refractivity contribution >= 4 is 45.8 Å². The van der Waals surface area contributed by atoms with Crippen LogP contribution in [-0.2, 0) is 6.42 Å². The molecule has 0 N–H and O–H groups in total. The lowest BCUT2D eigenvalue weighted by atomic mass is 10.2. The zero-order valence-corrected chi connectivity index (χ0v) is 12.8. The molecule has 0 aliphatic carbocycles. The van der Waals surface area contributed by atoms with Crippen LogP contribution in [-0.4, -0.2) is 15.4 Å². The van der Waals surface area contributed by atoms with Gasteiger partial charge in [0.2, 0.25) is 0 Å². The second-order valence-electron chi connectivity index (χ2n) is 4.42. The molecule has 0 aliphatic heterocycles. The van der Waals surface area contributed by atoms with Crippen molar-refractivity contribution in [1.29, 1.82) is 0 Å². The minimum Gasteiger partial charge on any atom is -0.296 e. The summed E-state index contributed by atoms with van der Waals surface area (Å²) in [5.41, 5.74) is 2.82. The van der Waals surface area contributed by atoms with E-state index < -0.39 is 0 Å². The Hall–Kier alpha value is -1.22. The molecule has 0 amide bonds. The van der Waals surface area contributed by atoms with E-state index in [9.17, 15) is 0 Å². The quantitative estimate of drug-likeness (QED) is 0.612. The van der Waals surface area contributed by atoms with Crippen LogP contribution in [0.2, 0.25) is 10.0 Å². The van der Waals surface area contributed by atoms with Gasteiger partial charge in [0.05, 0.1) is 11.0 Å². The first-order chi connectivity index (χ1) is 9.69. The normalized spacial score (nSPS) is 11.2. The molecule has 5 heteroatoms. The minimum absolute atomic E-state index is 0.512. The first kappa shape index (κ1) is 13.7. The number of hydrogen-bond acceptors (Lipinski definition) is 1. The molecule has 0 unspecified atom stereocenters. The predicted octanol–water partition coefficient (Wildman–Crippen LogP) is 5.11. The number of hydrogen-bond donors (Lipinski definition) is 0. The van der Waals surface area contributed by atoms with Crippen LogP contribution >= 0.6 is 34.8 Å². The van der Waals surface area contributed by atoms with Gasteiger partial charge in [0, 0.05) is 28.0 Å². The Kier molecular flexibility index (Phi) is 3.88. The zero-order chi connectivity index (χ0) is 14.1. The van der Waals surface area contributed by atoms with Gasteiger partial charge in [-0.1, -0.05) is 29.3 Å². The highest BCUT2D eigenvalue weighted by Crippen LogP contribution is 2.26. The Balaban J connectivity index is 2.30. The Bertz CT molecular complexity index is 765. The maximum atomic E-state index is 6.10. The van der Waals surface area contributed by atoms with Gasteiger partial charge >= 0.3 is 0 Å². The fraction of sp³-hybridized carbons (Fsp3) is 0.133. The molecular formula is C15H11Cl3N2. The third kappa shape index (κ3) is 2.51. The SMILES string of the molecule is ClCCc1nc2ccc(Cl)cc2n1-c1cccc(Cl)c1. The second kappa shape index (κ2) is 5.65. The molecule has 0 spiro atoms. The van der Waals surface area contributed by atoms with Gasteiger partial charge in [-0.15, -0.1) is 11.6 Å². The van der Waals surface area contributed by atoms with Crippen LogP contribution in [0.1, 0.15) is 5.82 Å². The van der Waals surface area contributed by atoms with E-state index in [1.165, 1.54) is 0 Å². The van der Waals surface area contributed by atoms with E-state index in [1.54, 1.807) is 0 Å². The second-order valence-corrected chi connectivity index (χ2v) is 5.67. The smallest absolute Gasteiger partial charge is 0.115 e. The predicted molar refractivity (Wildman–Crippen MR) is 85.5 cm³/mol. The fourth-order valence-electron chi connectivity index (χ4n) is 2.25. The molecule has 3 aromatic rings. The molecule has 2 nitrogen and oxygen atoms in total. The number of nitrogens with zero attached hydrogens (tertiary/aromatic N) is 2. The van der Waals surface area contributed by atoms with Crippen molar-refractivity contribution in [1.82, 2.24) is 9.55 Å². The van der Waals surface area contributed by atoms with Crippen molar-refractivity contribution in [2.24, 2.45) is 0 Å². The number of aryl methyl sites for hydroxylation is 1. The van der Waals surface area contributed by atoms with Crippen molar-refractivity contribution < 1.29 is 0 Å². The summed E-state index contributed by atoms with van der Waals surface area (Å²) in [6.07, 6.45) is 0.681. The van der Waals surface area contributed by atoms with E-state index in [2.05, 4.69) is 9.55 Å². The van der Waals surface area contributed by atoms with Gasteiger partial charge in [0.1, 0.15) is 5.82 Å². The van der Waals surface area contributed by atoms with Crippen LogP contribution < -0.4 is 0 Å². The molecule has 0 saturated carbocycles. The van der Waals surface area contributed by atoms with Crippen LogP contribution in [0.4, 0.5) is 0 Å². The molecule has 1 heterocycles. The molecule has 3 rings (SSSR count). The van der Waals surface area contributed by atoms with Crippen LogP contribution in [0, 0.1) is 0 Å². The molecule has 20 heavy (non-hydrogen) atoms. The van der Waals surface area contributed by atoms with Crippen molar-refractivity contribution in [3.8, 4) is 5.69 Å². The highest BCUT2D eigenvalue weighted by atomic mass is 35.5. The fourth-order valence-corrected chi connectivity index (χ4v) is 2.77. The average molecular weight is 326 g/mol. The Morgan fingerprint density at radius 2 is 1.80 bits per heavy atom. The molecule has 0 bridgehead atoms.